The van der Waals surface area contributed by atoms with Crippen LogP contribution in [0.4, 0.5) is 18.0 Å². The van der Waals surface area contributed by atoms with E-state index in [-0.39, 0.29) is 13.1 Å². The van der Waals surface area contributed by atoms with E-state index in [1.165, 1.54) is 13.8 Å². The number of nitrogens with one attached hydrogen (secondary N) is 1. The second-order valence-corrected chi connectivity index (χ2v) is 3.55. The van der Waals surface area contributed by atoms with Crippen molar-refractivity contribution in [3.8, 4) is 0 Å². The van der Waals surface area contributed by atoms with Gasteiger partial charge in [0.05, 0.1) is 5.92 Å². The number of carbonyl (C=O) groups is 2. The average Bonchev–Trinajstić information content (AvgIpc) is 2.20. The predicted molar refractivity (Wildman–Crippen MR) is 53.5 cm³/mol. The molecule has 0 aliphatic heterocycles. The molecule has 1 unspecified atom stereocenters. The summed E-state index contributed by atoms with van der Waals surface area (Å²) in [6, 6.07) is -0.919. The molecular formula is C9H15F3N2O3. The van der Waals surface area contributed by atoms with Crippen LogP contribution in [0.15, 0.2) is 0 Å². The molecule has 0 saturated carbocycles. The number of carboxylic acids is 1. The molecule has 0 fully saturated rings. The van der Waals surface area contributed by atoms with Gasteiger partial charge in [-0.2, -0.15) is 13.2 Å². The van der Waals surface area contributed by atoms with E-state index in [1.54, 1.807) is 0 Å². The summed E-state index contributed by atoms with van der Waals surface area (Å²) in [5.74, 6) is -1.97. The zero-order chi connectivity index (χ0) is 13.6. The van der Waals surface area contributed by atoms with Gasteiger partial charge < -0.3 is 15.3 Å². The Bertz CT molecular complexity index is 281. The molecule has 8 heteroatoms. The zero-order valence-electron chi connectivity index (χ0n) is 9.54. The third kappa shape index (κ3) is 6.64. The van der Waals surface area contributed by atoms with Gasteiger partial charge in [0.25, 0.3) is 0 Å². The van der Waals surface area contributed by atoms with Crippen molar-refractivity contribution in [2.75, 3.05) is 19.6 Å². The van der Waals surface area contributed by atoms with E-state index >= 15 is 0 Å². The molecule has 5 nitrogen and oxygen atoms in total. The fourth-order valence-corrected chi connectivity index (χ4v) is 0.983. The Morgan fingerprint density at radius 3 is 2.29 bits per heavy atom. The Hall–Kier alpha value is -1.47. The molecule has 0 saturated heterocycles. The predicted octanol–water partition coefficient (Wildman–Crippen LogP) is 1.30. The van der Waals surface area contributed by atoms with Crippen LogP contribution in [-0.2, 0) is 4.79 Å². The highest BCUT2D eigenvalue weighted by Crippen LogP contribution is 2.16. The lowest BCUT2D eigenvalue weighted by molar-refractivity contribution is -0.142. The molecule has 0 aromatic heterocycles. The summed E-state index contributed by atoms with van der Waals surface area (Å²) in [6.07, 6.45) is -4.47. The number of halogens is 3. The van der Waals surface area contributed by atoms with Crippen LogP contribution in [0.3, 0.4) is 0 Å². The lowest BCUT2D eigenvalue weighted by Gasteiger charge is -2.23. The molecule has 0 bridgehead atoms. The maximum absolute atomic E-state index is 12.1. The van der Waals surface area contributed by atoms with Crippen LogP contribution in [0.25, 0.3) is 0 Å². The third-order valence-electron chi connectivity index (χ3n) is 2.02. The highest BCUT2D eigenvalue weighted by Gasteiger charge is 2.32. The van der Waals surface area contributed by atoms with E-state index in [2.05, 4.69) is 5.32 Å². The van der Waals surface area contributed by atoms with Gasteiger partial charge in [-0.25, -0.2) is 4.79 Å². The van der Waals surface area contributed by atoms with Crippen molar-refractivity contribution in [1.29, 1.82) is 0 Å². The summed E-state index contributed by atoms with van der Waals surface area (Å²) in [7, 11) is 0. The van der Waals surface area contributed by atoms with Gasteiger partial charge in [0.15, 0.2) is 0 Å². The van der Waals surface area contributed by atoms with Crippen LogP contribution in [0.1, 0.15) is 13.8 Å². The van der Waals surface area contributed by atoms with Crippen molar-refractivity contribution >= 4 is 12.0 Å². The average molecular weight is 256 g/mol. The van der Waals surface area contributed by atoms with E-state index in [4.69, 9.17) is 5.11 Å². The Kier molecular flexibility index (Phi) is 5.77. The molecule has 0 rings (SSSR count). The summed E-state index contributed by atoms with van der Waals surface area (Å²) in [4.78, 5) is 22.3. The first-order valence-electron chi connectivity index (χ1n) is 4.99. The minimum absolute atomic E-state index is 0.104. The summed E-state index contributed by atoms with van der Waals surface area (Å²) >= 11 is 0. The summed E-state index contributed by atoms with van der Waals surface area (Å²) in [5, 5.41) is 10.7. The van der Waals surface area contributed by atoms with E-state index in [9.17, 15) is 22.8 Å². The molecular weight excluding hydrogens is 241 g/mol. The molecule has 0 aromatic rings. The lowest BCUT2D eigenvalue weighted by Crippen LogP contribution is -2.46. The number of urea groups is 1. The number of amides is 2. The monoisotopic (exact) mass is 256 g/mol. The Balaban J connectivity index is 4.23. The molecule has 0 heterocycles. The highest BCUT2D eigenvalue weighted by atomic mass is 19.4. The van der Waals surface area contributed by atoms with Crippen molar-refractivity contribution in [2.45, 2.75) is 20.0 Å². The molecule has 2 amide bonds. The first kappa shape index (κ1) is 15.5. The quantitative estimate of drug-likeness (QED) is 0.779. The van der Waals surface area contributed by atoms with Crippen LogP contribution >= 0.6 is 0 Å². The van der Waals surface area contributed by atoms with Gasteiger partial charge in [-0.3, -0.25) is 4.79 Å². The summed E-state index contributed by atoms with van der Waals surface area (Å²) < 4.78 is 36.2. The van der Waals surface area contributed by atoms with Gasteiger partial charge in [-0.05, 0) is 6.92 Å². The van der Waals surface area contributed by atoms with Gasteiger partial charge in [0.2, 0.25) is 0 Å². The Morgan fingerprint density at radius 1 is 1.41 bits per heavy atom. The fraction of sp³-hybridized carbons (Fsp3) is 0.778. The number of hydrogen-bond acceptors (Lipinski definition) is 2. The van der Waals surface area contributed by atoms with E-state index in [1.807, 2.05) is 0 Å². The lowest BCUT2D eigenvalue weighted by atomic mass is 10.2. The van der Waals surface area contributed by atoms with Crippen LogP contribution < -0.4 is 5.32 Å². The second kappa shape index (κ2) is 6.31. The minimum atomic E-state index is -4.47. The van der Waals surface area contributed by atoms with Crippen molar-refractivity contribution in [3.63, 3.8) is 0 Å². The van der Waals surface area contributed by atoms with E-state index in [0.29, 0.717) is 4.90 Å². The van der Waals surface area contributed by atoms with Crippen LogP contribution in [0.2, 0.25) is 0 Å². The van der Waals surface area contributed by atoms with Gasteiger partial charge in [0, 0.05) is 13.1 Å². The second-order valence-electron chi connectivity index (χ2n) is 3.55. The first-order chi connectivity index (χ1) is 7.67. The molecule has 2 N–H and O–H groups in total. The summed E-state index contributed by atoms with van der Waals surface area (Å²) in [6.45, 7) is 1.10. The minimum Gasteiger partial charge on any atom is -0.481 e. The van der Waals surface area contributed by atoms with Crippen LogP contribution in [-0.4, -0.2) is 47.8 Å². The number of rotatable bonds is 5. The van der Waals surface area contributed by atoms with E-state index in [0.717, 1.165) is 0 Å². The van der Waals surface area contributed by atoms with Gasteiger partial charge >= 0.3 is 18.2 Å². The molecule has 0 radical (unpaired) electrons. The topological polar surface area (TPSA) is 69.6 Å². The van der Waals surface area contributed by atoms with Gasteiger partial charge in [-0.15, -0.1) is 0 Å². The maximum atomic E-state index is 12.1. The number of nitrogens with zero attached hydrogens (tertiary/aromatic N) is 1. The van der Waals surface area contributed by atoms with Crippen LogP contribution in [0, 0.1) is 5.92 Å². The number of hydrogen-bond donors (Lipinski definition) is 2. The molecule has 0 spiro atoms. The standard InChI is InChI=1S/C9H15F3N2O3/c1-3-14(5-9(10,11)12)8(17)13-4-6(2)7(15)16/h6H,3-5H2,1-2H3,(H,13,17)(H,15,16). The molecule has 100 valence electrons. The number of carbonyl (C=O) groups excluding carboxylic acids is 1. The van der Waals surface area contributed by atoms with Crippen LogP contribution in [0.5, 0.6) is 0 Å². The first-order valence-corrected chi connectivity index (χ1v) is 4.99. The molecule has 17 heavy (non-hydrogen) atoms. The number of alkyl halides is 3. The molecule has 0 aliphatic carbocycles. The zero-order valence-corrected chi connectivity index (χ0v) is 9.54. The highest BCUT2D eigenvalue weighted by molar-refractivity contribution is 5.75. The SMILES string of the molecule is CCN(CC(F)(F)F)C(=O)NCC(C)C(=O)O. The summed E-state index contributed by atoms with van der Waals surface area (Å²) in [5.41, 5.74) is 0. The van der Waals surface area contributed by atoms with Crippen molar-refractivity contribution < 1.29 is 27.9 Å². The van der Waals surface area contributed by atoms with Gasteiger partial charge in [-0.1, -0.05) is 6.92 Å². The Labute approximate surface area is 96.6 Å². The third-order valence-corrected chi connectivity index (χ3v) is 2.02. The van der Waals surface area contributed by atoms with Crippen molar-refractivity contribution in [3.05, 3.63) is 0 Å². The number of aliphatic carboxylic acids is 1. The molecule has 1 atom stereocenters. The largest absolute Gasteiger partial charge is 0.481 e. The number of carboxylic acid groups (broad SMARTS) is 1. The maximum Gasteiger partial charge on any atom is 0.406 e. The smallest absolute Gasteiger partial charge is 0.406 e. The van der Waals surface area contributed by atoms with Crippen molar-refractivity contribution in [1.82, 2.24) is 10.2 Å². The molecule has 0 aromatic carbocycles. The molecule has 0 aliphatic rings. The van der Waals surface area contributed by atoms with Gasteiger partial charge in [0.1, 0.15) is 6.54 Å². The normalized spacial score (nSPS) is 13.0. The fourth-order valence-electron chi connectivity index (χ4n) is 0.983. The van der Waals surface area contributed by atoms with Crippen molar-refractivity contribution in [2.24, 2.45) is 5.92 Å². The van der Waals surface area contributed by atoms with E-state index < -0.39 is 30.6 Å². The Morgan fingerprint density at radius 2 is 1.94 bits per heavy atom.